The molecule has 0 bridgehead atoms. The highest BCUT2D eigenvalue weighted by Crippen LogP contribution is 2.33. The summed E-state index contributed by atoms with van der Waals surface area (Å²) in [7, 11) is 1.62. The third kappa shape index (κ3) is 3.62. The van der Waals surface area contributed by atoms with Gasteiger partial charge >= 0.3 is 0 Å². The SMILES string of the molecule is CCOc1ccccc1OC1CC(O)C1OCCOC. The molecule has 5 nitrogen and oxygen atoms in total. The van der Waals surface area contributed by atoms with Gasteiger partial charge in [-0.3, -0.25) is 0 Å². The van der Waals surface area contributed by atoms with E-state index in [0.29, 0.717) is 37.7 Å². The molecule has 0 heterocycles. The van der Waals surface area contributed by atoms with Gasteiger partial charge in [-0.1, -0.05) is 12.1 Å². The van der Waals surface area contributed by atoms with Gasteiger partial charge in [0.15, 0.2) is 11.5 Å². The Morgan fingerprint density at radius 1 is 1.20 bits per heavy atom. The van der Waals surface area contributed by atoms with Crippen LogP contribution in [0.4, 0.5) is 0 Å². The summed E-state index contributed by atoms with van der Waals surface area (Å²) in [6, 6.07) is 7.53. The van der Waals surface area contributed by atoms with E-state index < -0.39 is 6.10 Å². The topological polar surface area (TPSA) is 57.2 Å². The highest BCUT2D eigenvalue weighted by molar-refractivity contribution is 5.39. The molecule has 0 aromatic heterocycles. The third-order valence-corrected chi connectivity index (χ3v) is 3.24. The second kappa shape index (κ2) is 7.47. The van der Waals surface area contributed by atoms with Gasteiger partial charge in [-0.25, -0.2) is 0 Å². The summed E-state index contributed by atoms with van der Waals surface area (Å²) < 4.78 is 21.9. The van der Waals surface area contributed by atoms with Gasteiger partial charge in [-0.15, -0.1) is 0 Å². The van der Waals surface area contributed by atoms with Crippen molar-refractivity contribution in [3.05, 3.63) is 24.3 Å². The number of aliphatic hydroxyl groups excluding tert-OH is 1. The van der Waals surface area contributed by atoms with Crippen LogP contribution in [0, 0.1) is 0 Å². The minimum atomic E-state index is -0.476. The molecule has 112 valence electrons. The number of ether oxygens (including phenoxy) is 4. The van der Waals surface area contributed by atoms with Gasteiger partial charge in [-0.05, 0) is 19.1 Å². The van der Waals surface area contributed by atoms with E-state index in [1.807, 2.05) is 31.2 Å². The number of para-hydroxylation sites is 2. The van der Waals surface area contributed by atoms with Crippen LogP contribution < -0.4 is 9.47 Å². The lowest BCUT2D eigenvalue weighted by molar-refractivity contribution is -0.167. The average Bonchev–Trinajstić information content (AvgIpc) is 2.45. The fourth-order valence-electron chi connectivity index (χ4n) is 2.14. The Morgan fingerprint density at radius 3 is 2.60 bits per heavy atom. The fourth-order valence-corrected chi connectivity index (χ4v) is 2.14. The zero-order chi connectivity index (χ0) is 14.4. The fraction of sp³-hybridized carbons (Fsp3) is 0.600. The zero-order valence-corrected chi connectivity index (χ0v) is 12.0. The second-order valence-corrected chi connectivity index (χ2v) is 4.67. The summed E-state index contributed by atoms with van der Waals surface area (Å²) >= 11 is 0. The molecule has 0 spiro atoms. The normalized spacial score (nSPS) is 25.1. The number of rotatable bonds is 8. The summed E-state index contributed by atoms with van der Waals surface area (Å²) in [5.74, 6) is 1.40. The summed E-state index contributed by atoms with van der Waals surface area (Å²) in [4.78, 5) is 0. The van der Waals surface area contributed by atoms with Crippen LogP contribution in [0.1, 0.15) is 13.3 Å². The molecule has 20 heavy (non-hydrogen) atoms. The lowest BCUT2D eigenvalue weighted by Gasteiger charge is -2.40. The molecule has 1 aliphatic carbocycles. The highest BCUT2D eigenvalue weighted by atomic mass is 16.6. The molecule has 3 unspecified atom stereocenters. The van der Waals surface area contributed by atoms with Crippen LogP contribution in [0.2, 0.25) is 0 Å². The van der Waals surface area contributed by atoms with Crippen LogP contribution in [0.25, 0.3) is 0 Å². The lowest BCUT2D eigenvalue weighted by Crippen LogP contribution is -2.55. The molecule has 1 aliphatic rings. The van der Waals surface area contributed by atoms with Crippen molar-refractivity contribution in [2.24, 2.45) is 0 Å². The minimum Gasteiger partial charge on any atom is -0.490 e. The number of hydrogen-bond acceptors (Lipinski definition) is 5. The maximum absolute atomic E-state index is 9.75. The molecule has 1 saturated carbocycles. The van der Waals surface area contributed by atoms with Crippen molar-refractivity contribution in [1.82, 2.24) is 0 Å². The molecule has 1 aromatic carbocycles. The molecule has 0 saturated heterocycles. The number of aliphatic hydroxyl groups is 1. The van der Waals surface area contributed by atoms with Gasteiger partial charge in [0.1, 0.15) is 12.2 Å². The Balaban J connectivity index is 1.92. The zero-order valence-electron chi connectivity index (χ0n) is 12.0. The van der Waals surface area contributed by atoms with Crippen molar-refractivity contribution in [2.75, 3.05) is 26.9 Å². The van der Waals surface area contributed by atoms with E-state index >= 15 is 0 Å². The van der Waals surface area contributed by atoms with Crippen LogP contribution in [-0.2, 0) is 9.47 Å². The first-order chi connectivity index (χ1) is 9.76. The van der Waals surface area contributed by atoms with Gasteiger partial charge in [-0.2, -0.15) is 0 Å². The molecule has 1 aromatic rings. The summed E-state index contributed by atoms with van der Waals surface area (Å²) in [6.45, 7) is 3.47. The van der Waals surface area contributed by atoms with Crippen LogP contribution in [0.5, 0.6) is 11.5 Å². The first kappa shape index (κ1) is 15.1. The van der Waals surface area contributed by atoms with E-state index in [0.717, 1.165) is 0 Å². The molecule has 1 fully saturated rings. The average molecular weight is 282 g/mol. The first-order valence-corrected chi connectivity index (χ1v) is 6.93. The van der Waals surface area contributed by atoms with E-state index in [2.05, 4.69) is 0 Å². The van der Waals surface area contributed by atoms with Gasteiger partial charge < -0.3 is 24.1 Å². The molecule has 0 aliphatic heterocycles. The minimum absolute atomic E-state index is 0.150. The van der Waals surface area contributed by atoms with Crippen molar-refractivity contribution in [2.45, 2.75) is 31.7 Å². The van der Waals surface area contributed by atoms with Crippen molar-refractivity contribution in [1.29, 1.82) is 0 Å². The summed E-state index contributed by atoms with van der Waals surface area (Å²) in [6.07, 6.45) is -0.364. The predicted molar refractivity (Wildman–Crippen MR) is 74.3 cm³/mol. The summed E-state index contributed by atoms with van der Waals surface area (Å²) in [5, 5.41) is 9.75. The second-order valence-electron chi connectivity index (χ2n) is 4.67. The molecular formula is C15H22O5. The van der Waals surface area contributed by atoms with Gasteiger partial charge in [0, 0.05) is 13.5 Å². The van der Waals surface area contributed by atoms with E-state index in [-0.39, 0.29) is 12.2 Å². The Bertz CT molecular complexity index is 409. The maximum Gasteiger partial charge on any atom is 0.161 e. The quantitative estimate of drug-likeness (QED) is 0.734. The van der Waals surface area contributed by atoms with E-state index in [9.17, 15) is 5.11 Å². The van der Waals surface area contributed by atoms with Crippen molar-refractivity contribution in [3.8, 4) is 11.5 Å². The maximum atomic E-state index is 9.75. The monoisotopic (exact) mass is 282 g/mol. The Morgan fingerprint density at radius 2 is 1.95 bits per heavy atom. The Kier molecular flexibility index (Phi) is 5.64. The molecule has 0 amide bonds. The van der Waals surface area contributed by atoms with Gasteiger partial charge in [0.05, 0.1) is 25.9 Å². The largest absolute Gasteiger partial charge is 0.490 e. The van der Waals surface area contributed by atoms with Crippen LogP contribution in [0.3, 0.4) is 0 Å². The van der Waals surface area contributed by atoms with Crippen LogP contribution in [-0.4, -0.2) is 50.3 Å². The Labute approximate surface area is 119 Å². The predicted octanol–water partition coefficient (Wildman–Crippen LogP) is 1.63. The molecule has 2 rings (SSSR count). The van der Waals surface area contributed by atoms with Crippen LogP contribution >= 0.6 is 0 Å². The van der Waals surface area contributed by atoms with Crippen molar-refractivity contribution >= 4 is 0 Å². The number of benzene rings is 1. The molecule has 1 N–H and O–H groups in total. The molecule has 0 radical (unpaired) electrons. The molecule has 5 heteroatoms. The smallest absolute Gasteiger partial charge is 0.161 e. The van der Waals surface area contributed by atoms with Crippen LogP contribution in [0.15, 0.2) is 24.3 Å². The molecule has 3 atom stereocenters. The lowest BCUT2D eigenvalue weighted by atomic mass is 9.88. The van der Waals surface area contributed by atoms with E-state index in [1.54, 1.807) is 7.11 Å². The summed E-state index contributed by atoms with van der Waals surface area (Å²) in [5.41, 5.74) is 0. The van der Waals surface area contributed by atoms with Gasteiger partial charge in [0.25, 0.3) is 0 Å². The molecular weight excluding hydrogens is 260 g/mol. The Hall–Kier alpha value is -1.30. The van der Waals surface area contributed by atoms with Crippen molar-refractivity contribution in [3.63, 3.8) is 0 Å². The van der Waals surface area contributed by atoms with Gasteiger partial charge in [0.2, 0.25) is 0 Å². The highest BCUT2D eigenvalue weighted by Gasteiger charge is 2.43. The third-order valence-electron chi connectivity index (χ3n) is 3.24. The number of methoxy groups -OCH3 is 1. The van der Waals surface area contributed by atoms with E-state index in [4.69, 9.17) is 18.9 Å². The number of hydrogen-bond donors (Lipinski definition) is 1. The van der Waals surface area contributed by atoms with E-state index in [1.165, 1.54) is 0 Å². The first-order valence-electron chi connectivity index (χ1n) is 6.93. The van der Waals surface area contributed by atoms with Crippen molar-refractivity contribution < 1.29 is 24.1 Å². The standard InChI is InChI=1S/C15H22O5/c1-3-18-12-6-4-5-7-13(12)20-14-10-11(16)15(14)19-9-8-17-2/h4-7,11,14-16H,3,8-10H2,1-2H3.